The van der Waals surface area contributed by atoms with Gasteiger partial charge in [0.1, 0.15) is 5.41 Å². The van der Waals surface area contributed by atoms with Crippen LogP contribution in [0.4, 0.5) is 5.69 Å². The van der Waals surface area contributed by atoms with Crippen molar-refractivity contribution in [3.8, 4) is 17.2 Å². The molecule has 4 heterocycles. The van der Waals surface area contributed by atoms with Gasteiger partial charge in [-0.2, -0.15) is 15.5 Å². The molecule has 0 aromatic carbocycles. The molecule has 0 unspecified atom stereocenters. The maximum Gasteiger partial charge on any atom is 0.252 e. The quantitative estimate of drug-likeness (QED) is 0.592. The number of hydrogen-bond acceptors (Lipinski definition) is 6. The predicted octanol–water partition coefficient (Wildman–Crippen LogP) is 2.03. The molecule has 4 rings (SSSR count). The molecule has 1 aliphatic rings. The molecule has 0 aliphatic carbocycles. The smallest absolute Gasteiger partial charge is 0.252 e. The van der Waals surface area contributed by atoms with E-state index in [0.717, 1.165) is 17.5 Å². The van der Waals surface area contributed by atoms with E-state index < -0.39 is 11.3 Å². The van der Waals surface area contributed by atoms with Crippen molar-refractivity contribution in [3.05, 3.63) is 36.4 Å². The first-order valence-corrected chi connectivity index (χ1v) is 10.9. The van der Waals surface area contributed by atoms with Crippen LogP contribution in [0.2, 0.25) is 0 Å². The van der Waals surface area contributed by atoms with Gasteiger partial charge in [-0.1, -0.05) is 6.92 Å². The molecule has 3 N–H and O–H groups in total. The van der Waals surface area contributed by atoms with Crippen molar-refractivity contribution >= 4 is 23.0 Å². The van der Waals surface area contributed by atoms with Crippen LogP contribution in [0.25, 0.3) is 16.6 Å². The summed E-state index contributed by atoms with van der Waals surface area (Å²) in [7, 11) is 1.85. The normalized spacial score (nSPS) is 18.5. The molecular formula is C23H28N8O2. The fourth-order valence-corrected chi connectivity index (χ4v) is 4.37. The highest BCUT2D eigenvalue weighted by Gasteiger charge is 2.40. The van der Waals surface area contributed by atoms with Gasteiger partial charge in [-0.15, -0.1) is 0 Å². The number of nitrogens with two attached hydrogens (primary N) is 1. The zero-order valence-electron chi connectivity index (χ0n) is 19.2. The van der Waals surface area contributed by atoms with E-state index in [0.29, 0.717) is 24.3 Å². The minimum Gasteiger partial charge on any atom is -0.378 e. The van der Waals surface area contributed by atoms with E-state index in [1.807, 2.05) is 25.5 Å². The van der Waals surface area contributed by atoms with Gasteiger partial charge in [0.15, 0.2) is 0 Å². The first-order chi connectivity index (χ1) is 15.6. The van der Waals surface area contributed by atoms with E-state index in [1.54, 1.807) is 34.1 Å². The van der Waals surface area contributed by atoms with Crippen LogP contribution in [0.5, 0.6) is 0 Å². The first-order valence-electron chi connectivity index (χ1n) is 10.9. The van der Waals surface area contributed by atoms with Gasteiger partial charge in [0.25, 0.3) is 5.91 Å². The highest BCUT2D eigenvalue weighted by molar-refractivity contribution is 6.02. The van der Waals surface area contributed by atoms with Gasteiger partial charge in [-0.25, -0.2) is 4.52 Å². The standard InChI is InChI=1S/C23H28N8O2/c1-5-14-10-30(22(33)23(2,3)13-24)12-18(14)28-20-17(21(25)32)8-27-31-11-15(6-19(20)31)16-7-26-29(4)9-16/h6-9,11,14,18,28H,5,10,12H2,1-4H3,(H2,25,32)/t14-,18-/m1/s1. The van der Waals surface area contributed by atoms with Gasteiger partial charge in [-0.05, 0) is 32.3 Å². The van der Waals surface area contributed by atoms with Gasteiger partial charge in [0.2, 0.25) is 5.91 Å². The molecule has 1 saturated heterocycles. The lowest BCUT2D eigenvalue weighted by atomic mass is 9.94. The third kappa shape index (κ3) is 4.02. The number of hydrogen-bond donors (Lipinski definition) is 2. The fraction of sp³-hybridized carbons (Fsp3) is 0.435. The lowest BCUT2D eigenvalue weighted by molar-refractivity contribution is -0.136. The highest BCUT2D eigenvalue weighted by Crippen LogP contribution is 2.32. The van der Waals surface area contributed by atoms with Crippen LogP contribution >= 0.6 is 0 Å². The zero-order valence-corrected chi connectivity index (χ0v) is 19.2. The number of rotatable bonds is 6. The van der Waals surface area contributed by atoms with E-state index in [2.05, 4.69) is 28.5 Å². The molecule has 3 aromatic rings. The Morgan fingerprint density at radius 2 is 2.00 bits per heavy atom. The lowest BCUT2D eigenvalue weighted by Crippen LogP contribution is -2.40. The van der Waals surface area contributed by atoms with Crippen LogP contribution in [-0.2, 0) is 11.8 Å². The number of nitriles is 1. The Bertz CT molecular complexity index is 1270. The van der Waals surface area contributed by atoms with Crippen LogP contribution < -0.4 is 11.1 Å². The molecule has 0 bridgehead atoms. The Labute approximate surface area is 192 Å². The predicted molar refractivity (Wildman–Crippen MR) is 123 cm³/mol. The van der Waals surface area contributed by atoms with Gasteiger partial charge >= 0.3 is 0 Å². The molecule has 0 spiro atoms. The van der Waals surface area contributed by atoms with Crippen molar-refractivity contribution in [3.63, 3.8) is 0 Å². The molecule has 10 nitrogen and oxygen atoms in total. The topological polar surface area (TPSA) is 134 Å². The van der Waals surface area contributed by atoms with Crippen LogP contribution in [0.1, 0.15) is 37.6 Å². The number of amides is 2. The summed E-state index contributed by atoms with van der Waals surface area (Å²) in [5, 5.41) is 21.5. The van der Waals surface area contributed by atoms with Gasteiger partial charge in [-0.3, -0.25) is 14.3 Å². The fourth-order valence-electron chi connectivity index (χ4n) is 4.37. The second-order valence-corrected chi connectivity index (χ2v) is 9.12. The van der Waals surface area contributed by atoms with E-state index in [-0.39, 0.29) is 23.4 Å². The number of aromatic nitrogens is 4. The average molecular weight is 449 g/mol. The monoisotopic (exact) mass is 448 g/mol. The maximum atomic E-state index is 12.9. The highest BCUT2D eigenvalue weighted by atomic mass is 16.2. The van der Waals surface area contributed by atoms with Crippen molar-refractivity contribution < 1.29 is 9.59 Å². The molecule has 0 radical (unpaired) electrons. The SMILES string of the molecule is CC[C@@H]1CN(C(=O)C(C)(C)C#N)C[C@H]1Nc1c(C(N)=O)cnn2cc(-c3cnn(C)c3)cc12. The van der Waals surface area contributed by atoms with Crippen molar-refractivity contribution in [2.24, 2.45) is 24.1 Å². The number of nitrogens with zero attached hydrogens (tertiary/aromatic N) is 6. The summed E-state index contributed by atoms with van der Waals surface area (Å²) in [4.78, 5) is 26.9. The molecule has 1 aliphatic heterocycles. The largest absolute Gasteiger partial charge is 0.378 e. The summed E-state index contributed by atoms with van der Waals surface area (Å²) < 4.78 is 3.42. The molecule has 172 valence electrons. The number of carbonyl (C=O) groups excluding carboxylic acids is 2. The Balaban J connectivity index is 1.71. The minimum absolute atomic E-state index is 0.102. The van der Waals surface area contributed by atoms with E-state index in [4.69, 9.17) is 5.73 Å². The molecule has 3 aromatic heterocycles. The summed E-state index contributed by atoms with van der Waals surface area (Å²) >= 11 is 0. The summed E-state index contributed by atoms with van der Waals surface area (Å²) in [6, 6.07) is 3.93. The molecule has 1 fully saturated rings. The number of anilines is 1. The number of primary amides is 1. The molecule has 10 heteroatoms. The second kappa shape index (κ2) is 8.24. The number of fused-ring (bicyclic) bond motifs is 1. The van der Waals surface area contributed by atoms with Crippen molar-refractivity contribution in [1.29, 1.82) is 5.26 Å². The summed E-state index contributed by atoms with van der Waals surface area (Å²) in [6.07, 6.45) is 7.84. The van der Waals surface area contributed by atoms with Gasteiger partial charge < -0.3 is 16.0 Å². The number of carbonyl (C=O) groups is 2. The maximum absolute atomic E-state index is 12.9. The summed E-state index contributed by atoms with van der Waals surface area (Å²) in [5.74, 6) is -0.615. The number of aryl methyl sites for hydroxylation is 1. The van der Waals surface area contributed by atoms with Gasteiger partial charge in [0, 0.05) is 49.7 Å². The molecule has 2 atom stereocenters. The molecule has 0 saturated carbocycles. The van der Waals surface area contributed by atoms with Crippen LogP contribution in [0.3, 0.4) is 0 Å². The third-order valence-electron chi connectivity index (χ3n) is 6.34. The molecule has 33 heavy (non-hydrogen) atoms. The molecular weight excluding hydrogens is 420 g/mol. The minimum atomic E-state index is -1.09. The molecule has 2 amide bonds. The number of likely N-dealkylation sites (tertiary alicyclic amines) is 1. The van der Waals surface area contributed by atoms with E-state index in [9.17, 15) is 14.9 Å². The Hall–Kier alpha value is -3.87. The summed E-state index contributed by atoms with van der Waals surface area (Å²) in [5.41, 5.74) is 8.01. The van der Waals surface area contributed by atoms with Crippen LogP contribution in [-0.4, -0.2) is 55.2 Å². The van der Waals surface area contributed by atoms with Crippen molar-refractivity contribution in [2.45, 2.75) is 33.2 Å². The van der Waals surface area contributed by atoms with E-state index >= 15 is 0 Å². The van der Waals surface area contributed by atoms with E-state index in [1.165, 1.54) is 6.20 Å². The third-order valence-corrected chi connectivity index (χ3v) is 6.34. The lowest BCUT2D eigenvalue weighted by Gasteiger charge is -2.24. The van der Waals surface area contributed by atoms with Crippen molar-refractivity contribution in [2.75, 3.05) is 18.4 Å². The zero-order chi connectivity index (χ0) is 23.9. The van der Waals surface area contributed by atoms with Gasteiger partial charge in [0.05, 0.1) is 35.2 Å². The van der Waals surface area contributed by atoms with Crippen molar-refractivity contribution in [1.82, 2.24) is 24.3 Å². The Kier molecular flexibility index (Phi) is 5.57. The second-order valence-electron chi connectivity index (χ2n) is 9.12. The Morgan fingerprint density at radius 3 is 2.61 bits per heavy atom. The first kappa shape index (κ1) is 22.3. The summed E-state index contributed by atoms with van der Waals surface area (Å²) in [6.45, 7) is 6.32. The van der Waals surface area contributed by atoms with Crippen LogP contribution in [0, 0.1) is 22.7 Å². The number of nitrogens with one attached hydrogen (secondary N) is 1. The van der Waals surface area contributed by atoms with Crippen LogP contribution in [0.15, 0.2) is 30.9 Å². The average Bonchev–Trinajstić information content (AvgIpc) is 3.50. The Morgan fingerprint density at radius 1 is 1.24 bits per heavy atom.